The summed E-state index contributed by atoms with van der Waals surface area (Å²) in [5.74, 6) is -0.630. The minimum Gasteiger partial charge on any atom is -0.465 e. The molecule has 0 heterocycles. The van der Waals surface area contributed by atoms with Gasteiger partial charge in [-0.1, -0.05) is 34.6 Å². The van der Waals surface area contributed by atoms with Gasteiger partial charge in [-0.15, -0.1) is 0 Å². The van der Waals surface area contributed by atoms with Gasteiger partial charge in [-0.2, -0.15) is 0 Å². The van der Waals surface area contributed by atoms with Gasteiger partial charge in [-0.05, 0) is 10.8 Å². The van der Waals surface area contributed by atoms with Crippen molar-refractivity contribution in [2.24, 2.45) is 22.7 Å². The zero-order valence-corrected chi connectivity index (χ0v) is 10.2. The molecule has 15 heavy (non-hydrogen) atoms. The van der Waals surface area contributed by atoms with Crippen LogP contribution in [-0.4, -0.2) is 18.9 Å². The van der Waals surface area contributed by atoms with Gasteiger partial charge in [0.15, 0.2) is 0 Å². The van der Waals surface area contributed by atoms with Crippen molar-refractivity contribution < 1.29 is 14.3 Å². The molecule has 1 saturated carbocycles. The molecule has 0 aromatic heterocycles. The average molecular weight is 212 g/mol. The molecule has 0 aromatic carbocycles. The van der Waals surface area contributed by atoms with Crippen LogP contribution in [-0.2, 0) is 14.3 Å². The molecule has 1 aliphatic rings. The Morgan fingerprint density at radius 3 is 2.27 bits per heavy atom. The number of aldehydes is 1. The Labute approximate surface area is 91.2 Å². The second kappa shape index (κ2) is 3.62. The van der Waals surface area contributed by atoms with E-state index in [9.17, 15) is 9.59 Å². The van der Waals surface area contributed by atoms with E-state index in [4.69, 9.17) is 4.74 Å². The third kappa shape index (κ3) is 2.58. The fourth-order valence-corrected chi connectivity index (χ4v) is 1.76. The number of rotatable bonds is 3. The molecule has 0 saturated heterocycles. The quantitative estimate of drug-likeness (QED) is 0.531. The Morgan fingerprint density at radius 1 is 1.40 bits per heavy atom. The van der Waals surface area contributed by atoms with Crippen molar-refractivity contribution in [3.63, 3.8) is 0 Å². The molecule has 1 aliphatic carbocycles. The number of carbonyl (C=O) groups is 2. The lowest BCUT2D eigenvalue weighted by molar-refractivity contribution is -0.149. The van der Waals surface area contributed by atoms with Crippen LogP contribution < -0.4 is 0 Å². The van der Waals surface area contributed by atoms with Crippen molar-refractivity contribution in [3.8, 4) is 0 Å². The largest absolute Gasteiger partial charge is 0.465 e. The molecule has 1 rings (SSSR count). The van der Waals surface area contributed by atoms with E-state index in [0.29, 0.717) is 6.61 Å². The van der Waals surface area contributed by atoms with Gasteiger partial charge in [0.1, 0.15) is 6.29 Å². The van der Waals surface area contributed by atoms with E-state index in [1.165, 1.54) is 0 Å². The first-order valence-electron chi connectivity index (χ1n) is 5.32. The minimum atomic E-state index is -0.239. The zero-order chi connectivity index (χ0) is 11.9. The summed E-state index contributed by atoms with van der Waals surface area (Å²) in [5.41, 5.74) is -0.234. The molecule has 3 nitrogen and oxygen atoms in total. The predicted molar refractivity (Wildman–Crippen MR) is 57.2 cm³/mol. The van der Waals surface area contributed by atoms with E-state index >= 15 is 0 Å². The molecule has 0 aromatic rings. The molecule has 0 N–H and O–H groups in total. The van der Waals surface area contributed by atoms with Crippen LogP contribution in [0.1, 0.15) is 34.6 Å². The summed E-state index contributed by atoms with van der Waals surface area (Å²) in [6.07, 6.45) is 0.864. The Balaban J connectivity index is 2.47. The van der Waals surface area contributed by atoms with Gasteiger partial charge in [-0.25, -0.2) is 0 Å². The monoisotopic (exact) mass is 212 g/mol. The van der Waals surface area contributed by atoms with Crippen LogP contribution in [0.15, 0.2) is 0 Å². The maximum Gasteiger partial charge on any atom is 0.310 e. The number of carbonyl (C=O) groups excluding carboxylic acids is 2. The lowest BCUT2D eigenvalue weighted by Crippen LogP contribution is -2.20. The van der Waals surface area contributed by atoms with Crippen LogP contribution in [0.5, 0.6) is 0 Å². The molecule has 0 spiro atoms. The zero-order valence-electron chi connectivity index (χ0n) is 10.2. The lowest BCUT2D eigenvalue weighted by atomic mass is 9.99. The van der Waals surface area contributed by atoms with Crippen molar-refractivity contribution in [3.05, 3.63) is 0 Å². The first-order chi connectivity index (χ1) is 6.70. The average Bonchev–Trinajstić information content (AvgIpc) is 2.62. The van der Waals surface area contributed by atoms with Crippen molar-refractivity contribution in [2.75, 3.05) is 6.61 Å². The molecule has 0 radical (unpaired) electrons. The number of hydrogen-bond acceptors (Lipinski definition) is 3. The molecule has 0 unspecified atom stereocenters. The summed E-state index contributed by atoms with van der Waals surface area (Å²) < 4.78 is 5.20. The third-order valence-electron chi connectivity index (χ3n) is 2.96. The number of esters is 1. The number of ether oxygens (including phenoxy) is 1. The SMILES string of the molecule is CC(C)(C)COC(=O)[C@@H]1[C@H](C=O)C1(C)C. The topological polar surface area (TPSA) is 43.4 Å². The molecule has 1 fully saturated rings. The lowest BCUT2D eigenvalue weighted by Gasteiger charge is -2.18. The summed E-state index contributed by atoms with van der Waals surface area (Å²) in [5, 5.41) is 0. The van der Waals surface area contributed by atoms with Crippen molar-refractivity contribution in [1.29, 1.82) is 0 Å². The Kier molecular flexibility index (Phi) is 2.94. The van der Waals surface area contributed by atoms with Gasteiger partial charge in [0, 0.05) is 5.92 Å². The second-order valence-electron chi connectivity index (χ2n) is 6.13. The molecule has 3 heteroatoms. The fraction of sp³-hybridized carbons (Fsp3) is 0.833. The van der Waals surface area contributed by atoms with Crippen molar-refractivity contribution in [1.82, 2.24) is 0 Å². The van der Waals surface area contributed by atoms with Crippen LogP contribution in [0.4, 0.5) is 0 Å². The van der Waals surface area contributed by atoms with E-state index in [0.717, 1.165) is 6.29 Å². The smallest absolute Gasteiger partial charge is 0.310 e. The molecular weight excluding hydrogens is 192 g/mol. The van der Waals surface area contributed by atoms with Gasteiger partial charge in [0.2, 0.25) is 0 Å². The summed E-state index contributed by atoms with van der Waals surface area (Å²) in [7, 11) is 0. The van der Waals surface area contributed by atoms with Gasteiger partial charge < -0.3 is 9.53 Å². The normalized spacial score (nSPS) is 28.3. The highest BCUT2D eigenvalue weighted by Crippen LogP contribution is 2.57. The van der Waals surface area contributed by atoms with Crippen LogP contribution in [0.3, 0.4) is 0 Å². The van der Waals surface area contributed by atoms with E-state index in [2.05, 4.69) is 0 Å². The first kappa shape index (κ1) is 12.2. The van der Waals surface area contributed by atoms with E-state index in [-0.39, 0.29) is 28.6 Å². The second-order valence-corrected chi connectivity index (χ2v) is 6.13. The Morgan fingerprint density at radius 2 is 1.93 bits per heavy atom. The molecule has 2 atom stereocenters. The van der Waals surface area contributed by atoms with Crippen LogP contribution in [0.25, 0.3) is 0 Å². The fourth-order valence-electron chi connectivity index (χ4n) is 1.76. The maximum absolute atomic E-state index is 11.7. The highest BCUT2D eigenvalue weighted by Gasteiger charge is 2.62. The standard InChI is InChI=1S/C12H20O3/c1-11(2,3)7-15-10(14)9-8(6-13)12(9,4)5/h6,8-9H,7H2,1-5H3/t8-,9-/m0/s1. The summed E-state index contributed by atoms with van der Waals surface area (Å²) in [4.78, 5) is 22.3. The van der Waals surface area contributed by atoms with Gasteiger partial charge in [0.25, 0.3) is 0 Å². The van der Waals surface area contributed by atoms with Gasteiger partial charge in [0.05, 0.1) is 12.5 Å². The van der Waals surface area contributed by atoms with Crippen LogP contribution in [0.2, 0.25) is 0 Å². The maximum atomic E-state index is 11.7. The molecule has 0 aliphatic heterocycles. The van der Waals surface area contributed by atoms with Crippen LogP contribution >= 0.6 is 0 Å². The van der Waals surface area contributed by atoms with E-state index < -0.39 is 0 Å². The highest BCUT2D eigenvalue weighted by atomic mass is 16.5. The Bertz CT molecular complexity index is 273. The van der Waals surface area contributed by atoms with Gasteiger partial charge >= 0.3 is 5.97 Å². The summed E-state index contributed by atoms with van der Waals surface area (Å²) >= 11 is 0. The minimum absolute atomic E-state index is 0.0225. The Hall–Kier alpha value is -0.860. The predicted octanol–water partition coefficient (Wildman–Crippen LogP) is 2.05. The molecule has 0 bridgehead atoms. The number of hydrogen-bond donors (Lipinski definition) is 0. The van der Waals surface area contributed by atoms with Gasteiger partial charge in [-0.3, -0.25) is 4.79 Å². The van der Waals surface area contributed by atoms with Crippen molar-refractivity contribution in [2.45, 2.75) is 34.6 Å². The van der Waals surface area contributed by atoms with E-state index in [1.807, 2.05) is 34.6 Å². The molecule has 0 amide bonds. The third-order valence-corrected chi connectivity index (χ3v) is 2.96. The summed E-state index contributed by atoms with van der Waals surface area (Å²) in [6.45, 7) is 10.3. The molecule has 86 valence electrons. The first-order valence-corrected chi connectivity index (χ1v) is 5.32. The van der Waals surface area contributed by atoms with Crippen molar-refractivity contribution >= 4 is 12.3 Å². The van der Waals surface area contributed by atoms with E-state index in [1.54, 1.807) is 0 Å². The molecular formula is C12H20O3. The summed E-state index contributed by atoms with van der Waals surface area (Å²) in [6, 6.07) is 0. The van der Waals surface area contributed by atoms with Crippen LogP contribution in [0, 0.1) is 22.7 Å². The highest BCUT2D eigenvalue weighted by molar-refractivity contribution is 5.84.